The Labute approximate surface area is 116 Å². The molecule has 0 bridgehead atoms. The summed E-state index contributed by atoms with van der Waals surface area (Å²) in [6.45, 7) is 1.81. The zero-order valence-electron chi connectivity index (χ0n) is 11.2. The van der Waals surface area contributed by atoms with Crippen LogP contribution in [0.4, 0.5) is 4.39 Å². The first-order valence-electron chi connectivity index (χ1n) is 6.16. The number of hydrogen-bond donors (Lipinski definition) is 1. The van der Waals surface area contributed by atoms with Crippen molar-refractivity contribution in [2.45, 2.75) is 13.0 Å². The summed E-state index contributed by atoms with van der Waals surface area (Å²) in [6, 6.07) is 7.70. The molecule has 1 atom stereocenters. The predicted octanol–water partition coefficient (Wildman–Crippen LogP) is 2.76. The molecule has 104 valence electrons. The van der Waals surface area contributed by atoms with E-state index in [2.05, 4.69) is 4.98 Å². The number of benzene rings is 1. The molecule has 0 radical (unpaired) electrons. The molecule has 2 aromatic rings. The second-order valence-corrected chi connectivity index (χ2v) is 4.54. The summed E-state index contributed by atoms with van der Waals surface area (Å²) in [5.74, 6) is -0.946. The van der Waals surface area contributed by atoms with Crippen LogP contribution in [0.5, 0.6) is 5.75 Å². The Morgan fingerprint density at radius 1 is 1.40 bits per heavy atom. The number of carbonyl (C=O) groups excluding carboxylic acids is 1. The minimum atomic E-state index is -0.646. The van der Waals surface area contributed by atoms with Crippen molar-refractivity contribution < 1.29 is 14.3 Å². The van der Waals surface area contributed by atoms with Crippen LogP contribution < -0.4 is 0 Å². The van der Waals surface area contributed by atoms with Gasteiger partial charge >= 0.3 is 0 Å². The minimum absolute atomic E-state index is 0.0190. The Balaban J connectivity index is 2.25. The number of aromatic hydroxyl groups is 1. The lowest BCUT2D eigenvalue weighted by Crippen LogP contribution is -2.30. The van der Waals surface area contributed by atoms with Crippen LogP contribution in [0.15, 0.2) is 42.7 Å². The van der Waals surface area contributed by atoms with Crippen molar-refractivity contribution in [3.63, 3.8) is 0 Å². The zero-order valence-corrected chi connectivity index (χ0v) is 11.2. The Bertz CT molecular complexity index is 631. The fourth-order valence-corrected chi connectivity index (χ4v) is 1.92. The van der Waals surface area contributed by atoms with Gasteiger partial charge in [-0.1, -0.05) is 12.1 Å². The molecule has 2 rings (SSSR count). The Kier molecular flexibility index (Phi) is 3.98. The quantitative estimate of drug-likeness (QED) is 0.936. The highest BCUT2D eigenvalue weighted by molar-refractivity contribution is 5.94. The van der Waals surface area contributed by atoms with Gasteiger partial charge in [-0.15, -0.1) is 0 Å². The van der Waals surface area contributed by atoms with Gasteiger partial charge in [0.2, 0.25) is 0 Å². The van der Waals surface area contributed by atoms with E-state index in [1.54, 1.807) is 31.3 Å². The third-order valence-corrected chi connectivity index (χ3v) is 3.26. The largest absolute Gasteiger partial charge is 0.508 e. The molecule has 0 aliphatic carbocycles. The van der Waals surface area contributed by atoms with Crippen molar-refractivity contribution in [3.05, 3.63) is 59.7 Å². The van der Waals surface area contributed by atoms with Gasteiger partial charge in [-0.25, -0.2) is 4.39 Å². The smallest absolute Gasteiger partial charge is 0.257 e. The molecule has 0 saturated carbocycles. The highest BCUT2D eigenvalue weighted by Gasteiger charge is 2.21. The Morgan fingerprint density at radius 2 is 2.15 bits per heavy atom. The van der Waals surface area contributed by atoms with Gasteiger partial charge in [0.15, 0.2) is 5.82 Å². The molecule has 1 unspecified atom stereocenters. The minimum Gasteiger partial charge on any atom is -0.508 e. The molecule has 0 aliphatic rings. The number of pyridine rings is 1. The molecule has 20 heavy (non-hydrogen) atoms. The van der Waals surface area contributed by atoms with Gasteiger partial charge in [-0.3, -0.25) is 9.78 Å². The van der Waals surface area contributed by atoms with Crippen molar-refractivity contribution in [2.24, 2.45) is 0 Å². The molecule has 0 fully saturated rings. The number of carbonyl (C=O) groups is 1. The normalized spacial score (nSPS) is 11.9. The Hall–Kier alpha value is -2.43. The van der Waals surface area contributed by atoms with Gasteiger partial charge in [0, 0.05) is 13.2 Å². The standard InChI is InChI=1S/C15H15FN2O2/c1-10(11-4-3-5-12(19)8-11)18(2)15(20)13-6-7-17-9-14(13)16/h3-10,19H,1-2H3. The molecule has 1 aromatic carbocycles. The zero-order chi connectivity index (χ0) is 14.7. The first-order valence-corrected chi connectivity index (χ1v) is 6.16. The molecular formula is C15H15FN2O2. The van der Waals surface area contributed by atoms with Crippen molar-refractivity contribution >= 4 is 5.91 Å². The summed E-state index contributed by atoms with van der Waals surface area (Å²) in [7, 11) is 1.59. The van der Waals surface area contributed by atoms with Crippen LogP contribution in [0.1, 0.15) is 28.9 Å². The number of phenolic OH excluding ortho intramolecular Hbond substituents is 1. The summed E-state index contributed by atoms with van der Waals surface area (Å²) in [6.07, 6.45) is 2.39. The molecule has 1 N–H and O–H groups in total. The van der Waals surface area contributed by atoms with Gasteiger partial charge < -0.3 is 10.0 Å². The van der Waals surface area contributed by atoms with E-state index < -0.39 is 11.7 Å². The molecule has 5 heteroatoms. The average Bonchev–Trinajstić information content (AvgIpc) is 2.45. The third-order valence-electron chi connectivity index (χ3n) is 3.26. The molecule has 0 spiro atoms. The molecule has 0 saturated heterocycles. The number of phenols is 1. The number of rotatable bonds is 3. The lowest BCUT2D eigenvalue weighted by atomic mass is 10.1. The summed E-state index contributed by atoms with van der Waals surface area (Å²) in [4.78, 5) is 17.3. The lowest BCUT2D eigenvalue weighted by molar-refractivity contribution is 0.0737. The van der Waals surface area contributed by atoms with Gasteiger partial charge in [-0.2, -0.15) is 0 Å². The van der Waals surface area contributed by atoms with Gasteiger partial charge in [0.05, 0.1) is 17.8 Å². The second-order valence-electron chi connectivity index (χ2n) is 4.54. The molecule has 0 aliphatic heterocycles. The number of amides is 1. The summed E-state index contributed by atoms with van der Waals surface area (Å²) < 4.78 is 13.6. The number of halogens is 1. The van der Waals surface area contributed by atoms with Crippen LogP contribution in [-0.4, -0.2) is 27.9 Å². The Morgan fingerprint density at radius 3 is 2.80 bits per heavy atom. The van der Waals surface area contributed by atoms with E-state index in [0.717, 1.165) is 11.8 Å². The molecular weight excluding hydrogens is 259 g/mol. The summed E-state index contributed by atoms with van der Waals surface area (Å²) >= 11 is 0. The van der Waals surface area contributed by atoms with E-state index in [-0.39, 0.29) is 17.4 Å². The first kappa shape index (κ1) is 14.0. The molecule has 1 aromatic heterocycles. The van der Waals surface area contributed by atoms with E-state index in [1.165, 1.54) is 17.2 Å². The molecule has 4 nitrogen and oxygen atoms in total. The van der Waals surface area contributed by atoms with Gasteiger partial charge in [0.1, 0.15) is 5.75 Å². The van der Waals surface area contributed by atoms with E-state index in [1.807, 2.05) is 6.92 Å². The van der Waals surface area contributed by atoms with E-state index in [4.69, 9.17) is 0 Å². The summed E-state index contributed by atoms with van der Waals surface area (Å²) in [5.41, 5.74) is 0.754. The lowest BCUT2D eigenvalue weighted by Gasteiger charge is -2.25. The fourth-order valence-electron chi connectivity index (χ4n) is 1.92. The highest BCUT2D eigenvalue weighted by atomic mass is 19.1. The topological polar surface area (TPSA) is 53.4 Å². The maximum atomic E-state index is 13.6. The van der Waals surface area contributed by atoms with Crippen LogP contribution in [0.2, 0.25) is 0 Å². The number of hydrogen-bond acceptors (Lipinski definition) is 3. The molecule has 1 heterocycles. The van der Waals surface area contributed by atoms with Crippen molar-refractivity contribution in [1.29, 1.82) is 0 Å². The van der Waals surface area contributed by atoms with Crippen molar-refractivity contribution in [1.82, 2.24) is 9.88 Å². The number of nitrogens with zero attached hydrogens (tertiary/aromatic N) is 2. The van der Waals surface area contributed by atoms with Crippen molar-refractivity contribution in [3.8, 4) is 5.75 Å². The van der Waals surface area contributed by atoms with Crippen LogP contribution in [0.25, 0.3) is 0 Å². The third kappa shape index (κ3) is 2.77. The molecule has 1 amide bonds. The highest BCUT2D eigenvalue weighted by Crippen LogP contribution is 2.24. The maximum absolute atomic E-state index is 13.6. The number of aromatic nitrogens is 1. The van der Waals surface area contributed by atoms with Gasteiger partial charge in [-0.05, 0) is 30.7 Å². The van der Waals surface area contributed by atoms with E-state index >= 15 is 0 Å². The van der Waals surface area contributed by atoms with E-state index in [9.17, 15) is 14.3 Å². The van der Waals surface area contributed by atoms with Crippen molar-refractivity contribution in [2.75, 3.05) is 7.05 Å². The van der Waals surface area contributed by atoms with Crippen LogP contribution in [0, 0.1) is 5.82 Å². The van der Waals surface area contributed by atoms with Crippen LogP contribution >= 0.6 is 0 Å². The fraction of sp³-hybridized carbons (Fsp3) is 0.200. The average molecular weight is 274 g/mol. The van der Waals surface area contributed by atoms with Crippen LogP contribution in [-0.2, 0) is 0 Å². The van der Waals surface area contributed by atoms with Gasteiger partial charge in [0.25, 0.3) is 5.91 Å². The first-order chi connectivity index (χ1) is 9.50. The maximum Gasteiger partial charge on any atom is 0.257 e. The second kappa shape index (κ2) is 5.69. The monoisotopic (exact) mass is 274 g/mol. The predicted molar refractivity (Wildman–Crippen MR) is 72.8 cm³/mol. The van der Waals surface area contributed by atoms with Crippen LogP contribution in [0.3, 0.4) is 0 Å². The van der Waals surface area contributed by atoms with E-state index in [0.29, 0.717) is 0 Å². The SMILES string of the molecule is CC(c1cccc(O)c1)N(C)C(=O)c1ccncc1F. The summed E-state index contributed by atoms with van der Waals surface area (Å²) in [5, 5.41) is 9.47.